The number of hydrogen-bond acceptors (Lipinski definition) is 5. The van der Waals surface area contributed by atoms with Crippen LogP contribution in [0.1, 0.15) is 24.2 Å². The van der Waals surface area contributed by atoms with E-state index in [1.165, 1.54) is 22.4 Å². The molecule has 1 unspecified atom stereocenters. The summed E-state index contributed by atoms with van der Waals surface area (Å²) in [6.07, 6.45) is -2.85. The molecule has 1 heterocycles. The van der Waals surface area contributed by atoms with E-state index in [4.69, 9.17) is 5.73 Å². The Bertz CT molecular complexity index is 715. The minimum atomic E-state index is -4.43. The van der Waals surface area contributed by atoms with Gasteiger partial charge in [-0.15, -0.1) is 10.2 Å². The van der Waals surface area contributed by atoms with E-state index in [2.05, 4.69) is 10.2 Å². The molecule has 2 aromatic rings. The minimum absolute atomic E-state index is 0.0506. The average molecular weight is 358 g/mol. The van der Waals surface area contributed by atoms with E-state index in [1.807, 2.05) is 0 Å². The summed E-state index contributed by atoms with van der Waals surface area (Å²) in [7, 11) is 0. The molecule has 1 aliphatic carbocycles. The van der Waals surface area contributed by atoms with Gasteiger partial charge >= 0.3 is 6.18 Å². The second-order valence-corrected chi connectivity index (χ2v) is 6.69. The number of hydrogen-bond donors (Lipinski definition) is 2. The summed E-state index contributed by atoms with van der Waals surface area (Å²) in [5.74, 6) is 1.11. The van der Waals surface area contributed by atoms with Crippen LogP contribution in [0.3, 0.4) is 0 Å². The van der Waals surface area contributed by atoms with Crippen LogP contribution in [-0.4, -0.2) is 31.7 Å². The Kier molecular flexibility index (Phi) is 4.84. The van der Waals surface area contributed by atoms with E-state index in [9.17, 15) is 18.3 Å². The summed E-state index contributed by atoms with van der Waals surface area (Å²) in [6, 6.07) is 4.95. The van der Waals surface area contributed by atoms with Crippen molar-refractivity contribution in [3.63, 3.8) is 0 Å². The lowest BCUT2D eigenvalue weighted by molar-refractivity contribution is -0.137. The Morgan fingerprint density at radius 1 is 1.33 bits per heavy atom. The van der Waals surface area contributed by atoms with Crippen LogP contribution in [0.5, 0.6) is 0 Å². The fraction of sp³-hybridized carbons (Fsp3) is 0.467. The van der Waals surface area contributed by atoms with Crippen molar-refractivity contribution in [2.75, 3.05) is 5.75 Å². The van der Waals surface area contributed by atoms with E-state index in [0.29, 0.717) is 28.3 Å². The summed E-state index contributed by atoms with van der Waals surface area (Å²) in [4.78, 5) is 0. The van der Waals surface area contributed by atoms with Gasteiger partial charge in [0.2, 0.25) is 0 Å². The zero-order chi connectivity index (χ0) is 17.3. The van der Waals surface area contributed by atoms with E-state index < -0.39 is 17.8 Å². The van der Waals surface area contributed by atoms with Crippen molar-refractivity contribution in [1.82, 2.24) is 14.8 Å². The van der Waals surface area contributed by atoms with Crippen LogP contribution in [0.4, 0.5) is 13.2 Å². The fourth-order valence-corrected chi connectivity index (χ4v) is 3.41. The number of aromatic nitrogens is 3. The predicted octanol–water partition coefficient (Wildman–Crippen LogP) is 2.61. The zero-order valence-electron chi connectivity index (χ0n) is 12.7. The molecular formula is C15H17F3N4OS. The zero-order valence-corrected chi connectivity index (χ0v) is 13.5. The molecule has 1 atom stereocenters. The normalized spacial score (nSPS) is 16.4. The van der Waals surface area contributed by atoms with Crippen molar-refractivity contribution in [2.24, 2.45) is 11.7 Å². The Labute approximate surface area is 141 Å². The quantitative estimate of drug-likeness (QED) is 0.776. The number of aliphatic hydroxyl groups is 1. The Hall–Kier alpha value is -1.58. The van der Waals surface area contributed by atoms with Crippen LogP contribution < -0.4 is 5.73 Å². The molecule has 0 saturated heterocycles. The molecule has 1 fully saturated rings. The molecule has 1 aromatic heterocycles. The smallest absolute Gasteiger partial charge is 0.392 e. The topological polar surface area (TPSA) is 77.0 Å². The number of alkyl halides is 3. The molecule has 24 heavy (non-hydrogen) atoms. The van der Waals surface area contributed by atoms with Crippen molar-refractivity contribution >= 4 is 11.8 Å². The van der Waals surface area contributed by atoms with Gasteiger partial charge in [-0.25, -0.2) is 0 Å². The number of halogens is 3. The first-order chi connectivity index (χ1) is 11.4. The summed E-state index contributed by atoms with van der Waals surface area (Å²) >= 11 is 1.27. The monoisotopic (exact) mass is 358 g/mol. The average Bonchev–Trinajstić information content (AvgIpc) is 3.32. The van der Waals surface area contributed by atoms with Crippen molar-refractivity contribution in [1.29, 1.82) is 0 Å². The maximum absolute atomic E-state index is 12.9. The lowest BCUT2D eigenvalue weighted by Crippen LogP contribution is -2.14. The minimum Gasteiger partial charge on any atom is -0.392 e. The van der Waals surface area contributed by atoms with Crippen LogP contribution in [0.2, 0.25) is 0 Å². The van der Waals surface area contributed by atoms with Crippen LogP contribution >= 0.6 is 11.8 Å². The Morgan fingerprint density at radius 2 is 2.08 bits per heavy atom. The van der Waals surface area contributed by atoms with Gasteiger partial charge in [0.15, 0.2) is 11.0 Å². The number of nitrogens with zero attached hydrogens (tertiary/aromatic N) is 3. The maximum Gasteiger partial charge on any atom is 0.416 e. The maximum atomic E-state index is 12.9. The Morgan fingerprint density at radius 3 is 2.71 bits per heavy atom. The molecule has 1 aliphatic rings. The molecule has 0 radical (unpaired) electrons. The van der Waals surface area contributed by atoms with E-state index in [-0.39, 0.29) is 6.54 Å². The van der Waals surface area contributed by atoms with Gasteiger partial charge in [-0.2, -0.15) is 13.2 Å². The van der Waals surface area contributed by atoms with Crippen molar-refractivity contribution < 1.29 is 18.3 Å². The van der Waals surface area contributed by atoms with Gasteiger partial charge in [-0.1, -0.05) is 17.8 Å². The largest absolute Gasteiger partial charge is 0.416 e. The van der Waals surface area contributed by atoms with Crippen LogP contribution in [0.25, 0.3) is 5.69 Å². The third kappa shape index (κ3) is 3.73. The second-order valence-electron chi connectivity index (χ2n) is 5.70. The van der Waals surface area contributed by atoms with E-state index >= 15 is 0 Å². The molecule has 3 N–H and O–H groups in total. The fourth-order valence-electron chi connectivity index (χ4n) is 2.38. The number of rotatable bonds is 6. The highest BCUT2D eigenvalue weighted by Gasteiger charge is 2.32. The van der Waals surface area contributed by atoms with E-state index in [1.54, 1.807) is 6.07 Å². The number of thioether (sulfide) groups is 1. The lowest BCUT2D eigenvalue weighted by atomic mass is 10.2. The van der Waals surface area contributed by atoms with Gasteiger partial charge < -0.3 is 10.8 Å². The molecule has 1 saturated carbocycles. The second kappa shape index (κ2) is 6.73. The third-order valence-electron chi connectivity index (χ3n) is 3.86. The summed E-state index contributed by atoms with van der Waals surface area (Å²) < 4.78 is 40.3. The van der Waals surface area contributed by atoms with Gasteiger partial charge in [-0.05, 0) is 37.0 Å². The van der Waals surface area contributed by atoms with Gasteiger partial charge in [0.05, 0.1) is 23.9 Å². The molecule has 0 amide bonds. The number of benzene rings is 1. The highest BCUT2D eigenvalue weighted by Crippen LogP contribution is 2.35. The van der Waals surface area contributed by atoms with Crippen LogP contribution in [0.15, 0.2) is 29.4 Å². The molecule has 0 spiro atoms. The summed E-state index contributed by atoms with van der Waals surface area (Å²) in [6.45, 7) is 0.0506. The first-order valence-corrected chi connectivity index (χ1v) is 8.51. The van der Waals surface area contributed by atoms with Crippen molar-refractivity contribution in [3.8, 4) is 5.69 Å². The number of nitrogens with two attached hydrogens (primary N) is 1. The van der Waals surface area contributed by atoms with Gasteiger partial charge in [0, 0.05) is 5.75 Å². The molecule has 3 rings (SSSR count). The Balaban J connectivity index is 1.89. The number of aliphatic hydroxyl groups excluding tert-OH is 1. The van der Waals surface area contributed by atoms with Gasteiger partial charge in [0.1, 0.15) is 0 Å². The van der Waals surface area contributed by atoms with E-state index in [0.717, 1.165) is 25.0 Å². The molecule has 5 nitrogen and oxygen atoms in total. The van der Waals surface area contributed by atoms with Crippen LogP contribution in [0, 0.1) is 5.92 Å². The highest BCUT2D eigenvalue weighted by atomic mass is 32.2. The molecule has 1 aromatic carbocycles. The van der Waals surface area contributed by atoms with Crippen molar-refractivity contribution in [3.05, 3.63) is 35.7 Å². The molecule has 0 aliphatic heterocycles. The lowest BCUT2D eigenvalue weighted by Gasteiger charge is -2.13. The summed E-state index contributed by atoms with van der Waals surface area (Å²) in [5.41, 5.74) is 5.19. The van der Waals surface area contributed by atoms with Crippen LogP contribution in [-0.2, 0) is 12.7 Å². The first kappa shape index (κ1) is 17.2. The molecule has 9 heteroatoms. The molecule has 130 valence electrons. The standard InChI is InChI=1S/C15H17F3N4OS/c16-15(17,18)10-2-1-3-11(6-10)22-13(7-19)20-21-14(22)24-8-12(23)9-4-5-9/h1-3,6,9,12,23H,4-5,7-8,19H2. The summed E-state index contributed by atoms with van der Waals surface area (Å²) in [5, 5.41) is 18.4. The van der Waals surface area contributed by atoms with Crippen molar-refractivity contribution in [2.45, 2.75) is 36.8 Å². The third-order valence-corrected chi connectivity index (χ3v) is 4.89. The SMILES string of the molecule is NCc1nnc(SCC(O)C2CC2)n1-c1cccc(C(F)(F)F)c1. The molecular weight excluding hydrogens is 341 g/mol. The first-order valence-electron chi connectivity index (χ1n) is 7.53. The van der Waals surface area contributed by atoms with Gasteiger partial charge in [0.25, 0.3) is 0 Å². The van der Waals surface area contributed by atoms with Gasteiger partial charge in [-0.3, -0.25) is 4.57 Å². The highest BCUT2D eigenvalue weighted by molar-refractivity contribution is 7.99. The predicted molar refractivity (Wildman–Crippen MR) is 83.7 cm³/mol. The molecule has 0 bridgehead atoms.